The molecule has 0 unspecified atom stereocenters. The van der Waals surface area contributed by atoms with Crippen molar-refractivity contribution in [2.24, 2.45) is 5.10 Å². The first-order chi connectivity index (χ1) is 19.8. The fourth-order valence-electron chi connectivity index (χ4n) is 3.47. The molecule has 0 saturated heterocycles. The normalized spacial score (nSPS) is 10.6. The molecule has 0 bridgehead atoms. The molecule has 0 aliphatic carbocycles. The van der Waals surface area contributed by atoms with Crippen molar-refractivity contribution in [3.05, 3.63) is 117 Å². The summed E-state index contributed by atoms with van der Waals surface area (Å²) in [7, 11) is 2.95. The molecule has 41 heavy (non-hydrogen) atoms. The van der Waals surface area contributed by atoms with Gasteiger partial charge in [-0.25, -0.2) is 15.0 Å². The lowest BCUT2D eigenvalue weighted by Crippen LogP contribution is -2.18. The van der Waals surface area contributed by atoms with Gasteiger partial charge in [-0.05, 0) is 78.9 Å². The number of methoxy groups -OCH3 is 2. The quantitative estimate of drug-likeness (QED) is 0.106. The van der Waals surface area contributed by atoms with E-state index >= 15 is 0 Å². The van der Waals surface area contributed by atoms with Gasteiger partial charge in [-0.15, -0.1) is 0 Å². The number of carbonyl (C=O) groups excluding carboxylic acids is 3. The van der Waals surface area contributed by atoms with Crippen LogP contribution in [0.1, 0.15) is 36.6 Å². The predicted molar refractivity (Wildman–Crippen MR) is 154 cm³/mol. The second-order valence-electron chi connectivity index (χ2n) is 8.26. The summed E-state index contributed by atoms with van der Waals surface area (Å²) in [6.07, 6.45) is 1.29. The predicted octanol–water partition coefficient (Wildman–Crippen LogP) is 6.21. The van der Waals surface area contributed by atoms with Crippen molar-refractivity contribution in [1.29, 1.82) is 0 Å². The summed E-state index contributed by atoms with van der Waals surface area (Å²) in [5, 5.41) is 4.92. The summed E-state index contributed by atoms with van der Waals surface area (Å²) >= 11 is 11.8. The fraction of sp³-hybridized carbons (Fsp3) is 0.0667. The van der Waals surface area contributed by atoms with Crippen LogP contribution in [0.5, 0.6) is 23.0 Å². The van der Waals surface area contributed by atoms with E-state index < -0.39 is 17.8 Å². The van der Waals surface area contributed by atoms with Crippen LogP contribution in [-0.4, -0.2) is 38.3 Å². The minimum Gasteiger partial charge on any atom is -0.493 e. The van der Waals surface area contributed by atoms with Gasteiger partial charge in [0.2, 0.25) is 0 Å². The molecule has 0 saturated carbocycles. The van der Waals surface area contributed by atoms with Crippen LogP contribution in [0.15, 0.2) is 90.0 Å². The van der Waals surface area contributed by atoms with Gasteiger partial charge in [-0.2, -0.15) is 5.10 Å². The Balaban J connectivity index is 1.56. The number of carbonyl (C=O) groups is 3. The Morgan fingerprint density at radius 3 is 1.80 bits per heavy atom. The number of benzene rings is 4. The van der Waals surface area contributed by atoms with Crippen LogP contribution >= 0.6 is 23.2 Å². The highest BCUT2D eigenvalue weighted by molar-refractivity contribution is 6.31. The van der Waals surface area contributed by atoms with Crippen LogP contribution in [-0.2, 0) is 0 Å². The zero-order valence-electron chi connectivity index (χ0n) is 21.7. The van der Waals surface area contributed by atoms with Crippen molar-refractivity contribution in [3.8, 4) is 23.0 Å². The maximum absolute atomic E-state index is 12.8. The van der Waals surface area contributed by atoms with Crippen molar-refractivity contribution in [1.82, 2.24) is 5.43 Å². The lowest BCUT2D eigenvalue weighted by atomic mass is 10.2. The molecule has 0 fully saturated rings. The number of hydrazone groups is 1. The zero-order valence-corrected chi connectivity index (χ0v) is 23.2. The standard InChI is InChI=1S/C30H22Cl2N2O7/c1-38-25-14-8-20(15-27(25)39-2)28(35)34-33-17-21-7-13-24(40-29(36)18-3-9-22(31)10-4-18)16-26(21)41-30(37)19-5-11-23(32)12-6-19/h3-17H,1-2H3,(H,34,35)/b33-17-. The molecule has 0 aliphatic heterocycles. The van der Waals surface area contributed by atoms with E-state index in [1.165, 1.54) is 69.0 Å². The van der Waals surface area contributed by atoms with E-state index in [0.717, 1.165) is 0 Å². The molecule has 0 aromatic heterocycles. The summed E-state index contributed by atoms with van der Waals surface area (Å²) in [4.78, 5) is 38.0. The van der Waals surface area contributed by atoms with Gasteiger partial charge in [0.1, 0.15) is 11.5 Å². The number of nitrogens with one attached hydrogen (secondary N) is 1. The monoisotopic (exact) mass is 592 g/mol. The SMILES string of the molecule is COc1ccc(C(=O)N/N=C\c2ccc(OC(=O)c3ccc(Cl)cc3)cc2OC(=O)c2ccc(Cl)cc2)cc1OC. The van der Waals surface area contributed by atoms with Gasteiger partial charge in [0, 0.05) is 27.2 Å². The van der Waals surface area contributed by atoms with Gasteiger partial charge in [0.15, 0.2) is 11.5 Å². The van der Waals surface area contributed by atoms with Crippen LogP contribution in [0, 0.1) is 0 Å². The van der Waals surface area contributed by atoms with Crippen molar-refractivity contribution in [2.45, 2.75) is 0 Å². The van der Waals surface area contributed by atoms with Gasteiger partial charge >= 0.3 is 11.9 Å². The number of rotatable bonds is 9. The first kappa shape index (κ1) is 29.1. The van der Waals surface area contributed by atoms with Crippen LogP contribution in [0.2, 0.25) is 10.0 Å². The van der Waals surface area contributed by atoms with Crippen LogP contribution in [0.3, 0.4) is 0 Å². The number of hydrogen-bond donors (Lipinski definition) is 1. The minimum absolute atomic E-state index is 0.0236. The minimum atomic E-state index is -0.688. The third-order valence-electron chi connectivity index (χ3n) is 5.57. The van der Waals surface area contributed by atoms with E-state index in [0.29, 0.717) is 27.1 Å². The average Bonchev–Trinajstić information content (AvgIpc) is 2.98. The highest BCUT2D eigenvalue weighted by atomic mass is 35.5. The Morgan fingerprint density at radius 2 is 1.22 bits per heavy atom. The van der Waals surface area contributed by atoms with Gasteiger partial charge in [0.25, 0.3) is 5.91 Å². The molecular formula is C30H22Cl2N2O7. The van der Waals surface area contributed by atoms with Crippen molar-refractivity contribution in [3.63, 3.8) is 0 Å². The molecule has 9 nitrogen and oxygen atoms in total. The Labute approximate surface area is 245 Å². The van der Waals surface area contributed by atoms with Gasteiger partial charge in [-0.3, -0.25) is 4.79 Å². The third-order valence-corrected chi connectivity index (χ3v) is 6.08. The van der Waals surface area contributed by atoms with E-state index in [4.69, 9.17) is 42.1 Å². The lowest BCUT2D eigenvalue weighted by molar-refractivity contribution is 0.0732. The molecule has 208 valence electrons. The number of esters is 2. The van der Waals surface area contributed by atoms with E-state index in [2.05, 4.69) is 10.5 Å². The highest BCUT2D eigenvalue weighted by Crippen LogP contribution is 2.28. The van der Waals surface area contributed by atoms with E-state index in [1.807, 2.05) is 0 Å². The molecule has 11 heteroatoms. The summed E-state index contributed by atoms with van der Waals surface area (Å²) in [6.45, 7) is 0. The molecule has 4 aromatic carbocycles. The number of halogens is 2. The summed E-state index contributed by atoms with van der Waals surface area (Å²) in [6, 6.07) is 21.3. The topological polar surface area (TPSA) is 113 Å². The summed E-state index contributed by atoms with van der Waals surface area (Å²) in [5.41, 5.74) is 3.51. The molecule has 0 heterocycles. The van der Waals surface area contributed by atoms with Crippen molar-refractivity contribution < 1.29 is 33.3 Å². The van der Waals surface area contributed by atoms with E-state index in [1.54, 1.807) is 36.4 Å². The average molecular weight is 593 g/mol. The van der Waals surface area contributed by atoms with Crippen LogP contribution < -0.4 is 24.4 Å². The van der Waals surface area contributed by atoms with Crippen LogP contribution in [0.25, 0.3) is 0 Å². The smallest absolute Gasteiger partial charge is 0.343 e. The first-order valence-electron chi connectivity index (χ1n) is 11.9. The van der Waals surface area contributed by atoms with Gasteiger partial charge in [-0.1, -0.05) is 23.2 Å². The van der Waals surface area contributed by atoms with E-state index in [9.17, 15) is 14.4 Å². The molecule has 4 aromatic rings. The summed E-state index contributed by atoms with van der Waals surface area (Å²) in [5.74, 6) is -0.866. The largest absolute Gasteiger partial charge is 0.493 e. The zero-order chi connectivity index (χ0) is 29.4. The molecule has 1 N–H and O–H groups in total. The molecule has 1 amide bonds. The highest BCUT2D eigenvalue weighted by Gasteiger charge is 2.16. The summed E-state index contributed by atoms with van der Waals surface area (Å²) < 4.78 is 21.5. The molecule has 4 rings (SSSR count). The molecule has 0 radical (unpaired) electrons. The van der Waals surface area contributed by atoms with Crippen LogP contribution in [0.4, 0.5) is 0 Å². The number of hydrogen-bond acceptors (Lipinski definition) is 8. The Bertz CT molecular complexity index is 1600. The molecule has 0 atom stereocenters. The molecule has 0 spiro atoms. The Morgan fingerprint density at radius 1 is 0.659 bits per heavy atom. The maximum atomic E-state index is 12.8. The number of nitrogens with zero attached hydrogens (tertiary/aromatic N) is 1. The Hall–Kier alpha value is -4.86. The van der Waals surface area contributed by atoms with Gasteiger partial charge in [0.05, 0.1) is 31.6 Å². The molecular weight excluding hydrogens is 571 g/mol. The first-order valence-corrected chi connectivity index (χ1v) is 12.7. The molecule has 0 aliphatic rings. The number of ether oxygens (including phenoxy) is 4. The Kier molecular flexibility index (Phi) is 9.57. The second kappa shape index (κ2) is 13.5. The van der Waals surface area contributed by atoms with E-state index in [-0.39, 0.29) is 28.2 Å². The van der Waals surface area contributed by atoms with Crippen molar-refractivity contribution >= 4 is 47.3 Å². The second-order valence-corrected chi connectivity index (χ2v) is 9.13. The maximum Gasteiger partial charge on any atom is 0.343 e. The van der Waals surface area contributed by atoms with Gasteiger partial charge < -0.3 is 18.9 Å². The number of amides is 1. The fourth-order valence-corrected chi connectivity index (χ4v) is 3.72. The lowest BCUT2D eigenvalue weighted by Gasteiger charge is -2.11. The van der Waals surface area contributed by atoms with Crippen molar-refractivity contribution in [2.75, 3.05) is 14.2 Å². The third kappa shape index (κ3) is 7.63.